The van der Waals surface area contributed by atoms with Crippen LogP contribution in [0.5, 0.6) is 0 Å². The first-order chi connectivity index (χ1) is 4.74. The second kappa shape index (κ2) is 2.54. The van der Waals surface area contributed by atoms with Crippen molar-refractivity contribution in [1.82, 2.24) is 10.5 Å². The second-order valence-electron chi connectivity index (χ2n) is 1.79. The average molecular weight is 142 g/mol. The Morgan fingerprint density at radius 2 is 2.60 bits per heavy atom. The molecule has 1 aliphatic heterocycles. The van der Waals surface area contributed by atoms with E-state index in [0.29, 0.717) is 0 Å². The Morgan fingerprint density at radius 1 is 1.90 bits per heavy atom. The smallest absolute Gasteiger partial charge is 0.263 e. The number of nitrogens with zero attached hydrogens (tertiary/aromatic N) is 2. The third kappa shape index (κ3) is 1.17. The van der Waals surface area contributed by atoms with Crippen LogP contribution in [0.4, 0.5) is 0 Å². The van der Waals surface area contributed by atoms with Gasteiger partial charge in [0.1, 0.15) is 0 Å². The molecule has 0 fully saturated rings. The Labute approximate surface area is 56.6 Å². The molecule has 6 nitrogen and oxygen atoms in total. The van der Waals surface area contributed by atoms with E-state index in [-0.39, 0.29) is 12.1 Å². The Balaban J connectivity index is 2.66. The van der Waals surface area contributed by atoms with Crippen molar-refractivity contribution in [3.8, 4) is 0 Å². The molecule has 0 aromatic carbocycles. The number of nitrogens with one attached hydrogen (secondary N) is 1. The van der Waals surface area contributed by atoms with E-state index in [0.717, 1.165) is 5.12 Å². The van der Waals surface area contributed by atoms with Crippen LogP contribution < -0.4 is 11.3 Å². The lowest BCUT2D eigenvalue weighted by Crippen LogP contribution is -2.34. The summed E-state index contributed by atoms with van der Waals surface area (Å²) in [5.74, 6) is 4.39. The summed E-state index contributed by atoms with van der Waals surface area (Å²) in [6, 6.07) is 0. The van der Waals surface area contributed by atoms with Gasteiger partial charge in [-0.2, -0.15) is 0 Å². The van der Waals surface area contributed by atoms with Gasteiger partial charge in [0.05, 0.1) is 5.57 Å². The third-order valence-corrected chi connectivity index (χ3v) is 1.10. The van der Waals surface area contributed by atoms with E-state index in [1.54, 1.807) is 0 Å². The zero-order valence-corrected chi connectivity index (χ0v) is 5.07. The molecule has 54 valence electrons. The molecule has 1 amide bonds. The standard InChI is InChI=1S/C4H6N4O2/c5-8-2-3(1-6-8)4(9)7-10/h2,6H,1,5H2. The second-order valence-corrected chi connectivity index (χ2v) is 1.79. The Morgan fingerprint density at radius 3 is 3.00 bits per heavy atom. The number of nitrogens with two attached hydrogens (primary N) is 1. The van der Waals surface area contributed by atoms with Crippen molar-refractivity contribution < 1.29 is 4.79 Å². The van der Waals surface area contributed by atoms with Gasteiger partial charge in [0, 0.05) is 17.9 Å². The molecule has 0 radical (unpaired) electrons. The Bertz CT molecular complexity index is 199. The molecule has 1 rings (SSSR count). The van der Waals surface area contributed by atoms with Crippen LogP contribution in [0.3, 0.4) is 0 Å². The first-order valence-electron chi connectivity index (χ1n) is 2.60. The number of nitroso groups, excluding NO2 is 1. The minimum absolute atomic E-state index is 0.265. The average Bonchev–Trinajstić information content (AvgIpc) is 2.34. The van der Waals surface area contributed by atoms with Gasteiger partial charge in [0.15, 0.2) is 0 Å². The lowest BCUT2D eigenvalue weighted by molar-refractivity contribution is -0.114. The number of hydrazine groups is 2. The maximum absolute atomic E-state index is 10.5. The molecular weight excluding hydrogens is 136 g/mol. The lowest BCUT2D eigenvalue weighted by Gasteiger charge is -2.03. The summed E-state index contributed by atoms with van der Waals surface area (Å²) in [6.45, 7) is 0.265. The summed E-state index contributed by atoms with van der Waals surface area (Å²) in [6.07, 6.45) is 1.32. The van der Waals surface area contributed by atoms with Crippen molar-refractivity contribution >= 4 is 5.91 Å². The Kier molecular flexibility index (Phi) is 1.74. The van der Waals surface area contributed by atoms with Crippen molar-refractivity contribution in [2.45, 2.75) is 0 Å². The first kappa shape index (κ1) is 6.84. The maximum atomic E-state index is 10.5. The van der Waals surface area contributed by atoms with Gasteiger partial charge in [0.25, 0.3) is 0 Å². The van der Waals surface area contributed by atoms with E-state index >= 15 is 0 Å². The van der Waals surface area contributed by atoms with Gasteiger partial charge < -0.3 is 0 Å². The monoisotopic (exact) mass is 142 g/mol. The molecule has 6 heteroatoms. The van der Waals surface area contributed by atoms with Crippen LogP contribution in [0.1, 0.15) is 0 Å². The lowest BCUT2D eigenvalue weighted by atomic mass is 10.3. The summed E-state index contributed by atoms with van der Waals surface area (Å²) in [5.41, 5.74) is 2.86. The quantitative estimate of drug-likeness (QED) is 0.357. The number of hydrogen-bond acceptors (Lipinski definition) is 5. The SMILES string of the molecule is NN1C=C(C(=O)N=O)CN1. The van der Waals surface area contributed by atoms with E-state index in [4.69, 9.17) is 5.84 Å². The maximum Gasteiger partial charge on any atom is 0.315 e. The first-order valence-corrected chi connectivity index (χ1v) is 2.60. The fourth-order valence-electron chi connectivity index (χ4n) is 0.625. The van der Waals surface area contributed by atoms with Gasteiger partial charge in [-0.15, -0.1) is 4.91 Å². The van der Waals surface area contributed by atoms with Crippen molar-refractivity contribution in [3.63, 3.8) is 0 Å². The molecular formula is C4H6N4O2. The zero-order valence-electron chi connectivity index (χ0n) is 5.07. The topological polar surface area (TPSA) is 87.8 Å². The van der Waals surface area contributed by atoms with Gasteiger partial charge in [-0.25, -0.2) is 11.3 Å². The van der Waals surface area contributed by atoms with Gasteiger partial charge in [-0.05, 0) is 0 Å². The fraction of sp³-hybridized carbons (Fsp3) is 0.250. The molecule has 0 aromatic rings. The van der Waals surface area contributed by atoms with Gasteiger partial charge in [-0.3, -0.25) is 9.91 Å². The molecule has 0 atom stereocenters. The predicted molar refractivity (Wildman–Crippen MR) is 32.9 cm³/mol. The van der Waals surface area contributed by atoms with Gasteiger partial charge >= 0.3 is 5.91 Å². The van der Waals surface area contributed by atoms with Crippen LogP contribution in [-0.4, -0.2) is 17.6 Å². The van der Waals surface area contributed by atoms with E-state index in [1.807, 2.05) is 0 Å². The highest BCUT2D eigenvalue weighted by molar-refractivity contribution is 5.94. The van der Waals surface area contributed by atoms with E-state index in [1.165, 1.54) is 6.20 Å². The predicted octanol–water partition coefficient (Wildman–Crippen LogP) is -1.14. The van der Waals surface area contributed by atoms with Gasteiger partial charge in [0.2, 0.25) is 0 Å². The summed E-state index contributed by atoms with van der Waals surface area (Å²) in [7, 11) is 0. The normalized spacial score (nSPS) is 16.9. The van der Waals surface area contributed by atoms with Crippen molar-refractivity contribution in [1.29, 1.82) is 0 Å². The third-order valence-electron chi connectivity index (χ3n) is 1.10. The van der Waals surface area contributed by atoms with Crippen LogP contribution in [0.15, 0.2) is 16.9 Å². The highest BCUT2D eigenvalue weighted by Gasteiger charge is 2.15. The van der Waals surface area contributed by atoms with E-state index in [2.05, 4.69) is 10.6 Å². The molecule has 0 aliphatic carbocycles. The fourth-order valence-corrected chi connectivity index (χ4v) is 0.625. The molecule has 3 N–H and O–H groups in total. The summed E-state index contributed by atoms with van der Waals surface area (Å²) in [5, 5.41) is 3.34. The number of carbonyl (C=O) groups excluding carboxylic acids is 1. The summed E-state index contributed by atoms with van der Waals surface area (Å²) < 4.78 is 0. The molecule has 10 heavy (non-hydrogen) atoms. The molecule has 0 saturated heterocycles. The molecule has 0 bridgehead atoms. The van der Waals surface area contributed by atoms with Gasteiger partial charge in [-0.1, -0.05) is 0 Å². The summed E-state index contributed by atoms with van der Waals surface area (Å²) >= 11 is 0. The number of hydrogen-bond donors (Lipinski definition) is 2. The van der Waals surface area contributed by atoms with Crippen LogP contribution in [-0.2, 0) is 4.79 Å². The molecule has 0 unspecified atom stereocenters. The molecule has 0 aromatic heterocycles. The highest BCUT2D eigenvalue weighted by Crippen LogP contribution is 2.01. The summed E-state index contributed by atoms with van der Waals surface area (Å²) in [4.78, 5) is 20.2. The largest absolute Gasteiger partial charge is 0.315 e. The zero-order chi connectivity index (χ0) is 7.56. The minimum Gasteiger partial charge on any atom is -0.263 e. The van der Waals surface area contributed by atoms with Crippen molar-refractivity contribution in [2.75, 3.05) is 6.54 Å². The molecule has 0 spiro atoms. The number of carbonyl (C=O) groups is 1. The number of amides is 1. The molecule has 0 saturated carbocycles. The van der Waals surface area contributed by atoms with Crippen LogP contribution in [0.2, 0.25) is 0 Å². The van der Waals surface area contributed by atoms with E-state index in [9.17, 15) is 9.70 Å². The van der Waals surface area contributed by atoms with Crippen LogP contribution >= 0.6 is 0 Å². The van der Waals surface area contributed by atoms with Crippen molar-refractivity contribution in [3.05, 3.63) is 16.7 Å². The molecule has 1 aliphatic rings. The Hall–Kier alpha value is -1.27. The minimum atomic E-state index is -0.777. The molecule has 1 heterocycles. The van der Waals surface area contributed by atoms with E-state index < -0.39 is 5.91 Å². The highest BCUT2D eigenvalue weighted by atomic mass is 16.3. The van der Waals surface area contributed by atoms with Crippen LogP contribution in [0.25, 0.3) is 0 Å². The number of rotatable bonds is 1. The van der Waals surface area contributed by atoms with Crippen molar-refractivity contribution in [2.24, 2.45) is 11.0 Å². The van der Waals surface area contributed by atoms with Crippen LogP contribution in [0, 0.1) is 4.91 Å².